The van der Waals surface area contributed by atoms with Crippen LogP contribution in [0, 0.1) is 3.57 Å². The van der Waals surface area contributed by atoms with Crippen molar-refractivity contribution < 1.29 is 19.4 Å². The van der Waals surface area contributed by atoms with Crippen molar-refractivity contribution >= 4 is 40.2 Å². The Morgan fingerprint density at radius 3 is 2.50 bits per heavy atom. The topological polar surface area (TPSA) is 75.6 Å². The van der Waals surface area contributed by atoms with E-state index >= 15 is 0 Å². The molecule has 108 valence electrons. The molecule has 6 heteroatoms. The molecule has 0 aliphatic carbocycles. The first-order valence-electron chi connectivity index (χ1n) is 6.10. The quantitative estimate of drug-likeness (QED) is 0.257. The van der Waals surface area contributed by atoms with Crippen LogP contribution in [0.5, 0.6) is 0 Å². The number of rotatable bonds is 6. The molecule has 0 spiro atoms. The Hall–Kier alpha value is -1.57. The number of benzene rings is 1. The number of ether oxygens (including phenoxy) is 1. The van der Waals surface area contributed by atoms with Gasteiger partial charge in [-0.3, -0.25) is 0 Å². The third-order valence-corrected chi connectivity index (χ3v) is 3.28. The molecule has 0 saturated carbocycles. The maximum Gasteiger partial charge on any atom is 0.347 e. The van der Waals surface area contributed by atoms with Gasteiger partial charge >= 0.3 is 11.9 Å². The van der Waals surface area contributed by atoms with Gasteiger partial charge in [0.05, 0.1) is 6.10 Å². The van der Waals surface area contributed by atoms with Gasteiger partial charge in [-0.1, -0.05) is 6.92 Å². The van der Waals surface area contributed by atoms with E-state index in [4.69, 9.17) is 9.84 Å². The summed E-state index contributed by atoms with van der Waals surface area (Å²) in [6.07, 6.45) is 1.46. The Kier molecular flexibility index (Phi) is 6.50. The van der Waals surface area contributed by atoms with Crippen LogP contribution in [0.25, 0.3) is 0 Å². The number of carbonyl (C=O) groups excluding carboxylic acids is 1. The average Bonchev–Trinajstić information content (AvgIpc) is 2.40. The molecule has 0 fully saturated rings. The Bertz CT molecular complexity index is 510. The smallest absolute Gasteiger partial charge is 0.347 e. The van der Waals surface area contributed by atoms with Gasteiger partial charge in [0.1, 0.15) is 0 Å². The first-order valence-corrected chi connectivity index (χ1v) is 7.18. The highest BCUT2D eigenvalue weighted by Gasteiger charge is 2.20. The molecule has 1 aromatic carbocycles. The van der Waals surface area contributed by atoms with Gasteiger partial charge in [-0.2, -0.15) is 0 Å². The largest absolute Gasteiger partial charge is 0.477 e. The summed E-state index contributed by atoms with van der Waals surface area (Å²) in [5, 5.41) is 11.8. The molecule has 0 saturated heterocycles. The molecule has 0 radical (unpaired) electrons. The van der Waals surface area contributed by atoms with Crippen LogP contribution in [0.1, 0.15) is 20.3 Å². The van der Waals surface area contributed by atoms with Crippen molar-refractivity contribution in [1.82, 2.24) is 0 Å². The van der Waals surface area contributed by atoms with Crippen LogP contribution < -0.4 is 5.32 Å². The first kappa shape index (κ1) is 16.5. The first-order chi connectivity index (χ1) is 9.43. The van der Waals surface area contributed by atoms with Crippen molar-refractivity contribution in [3.63, 3.8) is 0 Å². The van der Waals surface area contributed by atoms with Crippen molar-refractivity contribution in [3.05, 3.63) is 39.6 Å². The third kappa shape index (κ3) is 5.20. The van der Waals surface area contributed by atoms with E-state index in [1.165, 1.54) is 0 Å². The van der Waals surface area contributed by atoms with Gasteiger partial charge in [-0.05, 0) is 60.2 Å². The van der Waals surface area contributed by atoms with Gasteiger partial charge in [0, 0.05) is 15.5 Å². The maximum absolute atomic E-state index is 11.7. The number of halogens is 1. The summed E-state index contributed by atoms with van der Waals surface area (Å²) >= 11 is 2.17. The SMILES string of the molecule is CCC(C)OC(=O)C(=CNc1ccc(I)cc1)C(=O)O. The van der Waals surface area contributed by atoms with Gasteiger partial charge in [0.2, 0.25) is 0 Å². The van der Waals surface area contributed by atoms with Crippen LogP contribution in [0.3, 0.4) is 0 Å². The van der Waals surface area contributed by atoms with E-state index in [1.807, 2.05) is 19.1 Å². The monoisotopic (exact) mass is 389 g/mol. The average molecular weight is 389 g/mol. The molecular weight excluding hydrogens is 373 g/mol. The van der Waals surface area contributed by atoms with Crippen molar-refractivity contribution in [1.29, 1.82) is 0 Å². The Morgan fingerprint density at radius 2 is 2.00 bits per heavy atom. The molecule has 20 heavy (non-hydrogen) atoms. The predicted molar refractivity (Wildman–Crippen MR) is 84.3 cm³/mol. The lowest BCUT2D eigenvalue weighted by Crippen LogP contribution is -2.21. The zero-order valence-corrected chi connectivity index (χ0v) is 13.4. The molecule has 0 aromatic heterocycles. The minimum atomic E-state index is -1.32. The normalized spacial score (nSPS) is 12.7. The van der Waals surface area contributed by atoms with E-state index < -0.39 is 17.5 Å². The molecule has 1 atom stereocenters. The van der Waals surface area contributed by atoms with E-state index in [9.17, 15) is 9.59 Å². The van der Waals surface area contributed by atoms with Gasteiger partial charge < -0.3 is 15.2 Å². The molecule has 1 rings (SSSR count). The number of anilines is 1. The lowest BCUT2D eigenvalue weighted by Gasteiger charge is -2.11. The number of esters is 1. The third-order valence-electron chi connectivity index (χ3n) is 2.56. The Balaban J connectivity index is 2.80. The van der Waals surface area contributed by atoms with Crippen LogP contribution in [-0.2, 0) is 14.3 Å². The fraction of sp³-hybridized carbons (Fsp3) is 0.286. The summed E-state index contributed by atoms with van der Waals surface area (Å²) in [4.78, 5) is 22.8. The van der Waals surface area contributed by atoms with E-state index in [0.717, 1.165) is 9.77 Å². The summed E-state index contributed by atoms with van der Waals surface area (Å²) in [7, 11) is 0. The second kappa shape index (κ2) is 7.88. The van der Waals surface area contributed by atoms with Gasteiger partial charge in [-0.15, -0.1) is 0 Å². The van der Waals surface area contributed by atoms with Crippen molar-refractivity contribution in [2.45, 2.75) is 26.4 Å². The number of carbonyl (C=O) groups is 2. The summed E-state index contributed by atoms with van der Waals surface area (Å²) in [6, 6.07) is 7.32. The van der Waals surface area contributed by atoms with E-state index in [1.54, 1.807) is 19.1 Å². The minimum absolute atomic E-state index is 0.316. The number of carboxylic acid groups (broad SMARTS) is 1. The van der Waals surface area contributed by atoms with Crippen molar-refractivity contribution in [3.8, 4) is 0 Å². The lowest BCUT2D eigenvalue weighted by molar-refractivity contribution is -0.147. The predicted octanol–water partition coefficient (Wildman–Crippen LogP) is 3.01. The highest BCUT2D eigenvalue weighted by molar-refractivity contribution is 14.1. The zero-order chi connectivity index (χ0) is 15.1. The van der Waals surface area contributed by atoms with Crippen LogP contribution >= 0.6 is 22.6 Å². The van der Waals surface area contributed by atoms with Crippen molar-refractivity contribution in [2.24, 2.45) is 0 Å². The molecule has 0 bridgehead atoms. The minimum Gasteiger partial charge on any atom is -0.477 e. The highest BCUT2D eigenvalue weighted by Crippen LogP contribution is 2.12. The Labute approximate surface area is 131 Å². The van der Waals surface area contributed by atoms with Gasteiger partial charge in [0.25, 0.3) is 0 Å². The molecule has 1 aromatic rings. The molecule has 0 aliphatic heterocycles. The molecule has 0 amide bonds. The molecule has 0 aliphatic rings. The maximum atomic E-state index is 11.7. The van der Waals surface area contributed by atoms with Gasteiger partial charge in [-0.25, -0.2) is 9.59 Å². The van der Waals surface area contributed by atoms with Crippen LogP contribution in [0.4, 0.5) is 5.69 Å². The Morgan fingerprint density at radius 1 is 1.40 bits per heavy atom. The summed E-state index contributed by atoms with van der Waals surface area (Å²) in [5.41, 5.74) is 0.268. The van der Waals surface area contributed by atoms with E-state index in [0.29, 0.717) is 12.1 Å². The van der Waals surface area contributed by atoms with Crippen LogP contribution in [0.2, 0.25) is 0 Å². The van der Waals surface area contributed by atoms with Crippen LogP contribution in [-0.4, -0.2) is 23.1 Å². The fourth-order valence-electron chi connectivity index (χ4n) is 1.24. The number of hydrogen-bond donors (Lipinski definition) is 2. The highest BCUT2D eigenvalue weighted by atomic mass is 127. The molecular formula is C14H16INO4. The zero-order valence-electron chi connectivity index (χ0n) is 11.2. The van der Waals surface area contributed by atoms with Crippen molar-refractivity contribution in [2.75, 3.05) is 5.32 Å². The summed E-state index contributed by atoms with van der Waals surface area (Å²) in [6.45, 7) is 3.57. The van der Waals surface area contributed by atoms with Gasteiger partial charge in [0.15, 0.2) is 5.57 Å². The second-order valence-corrected chi connectivity index (χ2v) is 5.38. The number of carboxylic acids is 1. The van der Waals surface area contributed by atoms with E-state index in [2.05, 4.69) is 27.9 Å². The summed E-state index contributed by atoms with van der Waals surface area (Å²) < 4.78 is 6.06. The number of aliphatic carboxylic acids is 1. The lowest BCUT2D eigenvalue weighted by atomic mass is 10.2. The fourth-order valence-corrected chi connectivity index (χ4v) is 1.60. The molecule has 0 heterocycles. The molecule has 5 nitrogen and oxygen atoms in total. The number of hydrogen-bond acceptors (Lipinski definition) is 4. The molecule has 1 unspecified atom stereocenters. The molecule has 2 N–H and O–H groups in total. The summed E-state index contributed by atoms with van der Waals surface area (Å²) in [5.74, 6) is -2.17. The second-order valence-electron chi connectivity index (χ2n) is 4.14. The van der Waals surface area contributed by atoms with E-state index in [-0.39, 0.29) is 6.10 Å². The van der Waals surface area contributed by atoms with Crippen LogP contribution in [0.15, 0.2) is 36.0 Å². The number of nitrogens with one attached hydrogen (secondary N) is 1. The standard InChI is InChI=1S/C14H16INO4/c1-3-9(2)20-14(19)12(13(17)18)8-16-11-6-4-10(15)5-7-11/h4-9,16H,3H2,1-2H3,(H,17,18).